The number of aromatic nitrogens is 2. The van der Waals surface area contributed by atoms with E-state index in [1.54, 1.807) is 24.3 Å². The number of nitrogens with two attached hydrogens (primary N) is 1. The summed E-state index contributed by atoms with van der Waals surface area (Å²) in [5.41, 5.74) is 6.39. The molecule has 0 saturated heterocycles. The highest BCUT2D eigenvalue weighted by atomic mass is 35.5. The minimum absolute atomic E-state index is 0.103. The van der Waals surface area contributed by atoms with Gasteiger partial charge in [0.2, 0.25) is 5.91 Å². The Morgan fingerprint density at radius 3 is 2.68 bits per heavy atom. The van der Waals surface area contributed by atoms with Gasteiger partial charge in [0.1, 0.15) is 22.6 Å². The predicted molar refractivity (Wildman–Crippen MR) is 92.0 cm³/mol. The maximum atomic E-state index is 12.3. The average molecular weight is 360 g/mol. The lowest BCUT2D eigenvalue weighted by molar-refractivity contribution is -0.120. The maximum Gasteiger partial charge on any atom is 0.352 e. The van der Waals surface area contributed by atoms with Crippen molar-refractivity contribution in [3.8, 4) is 5.75 Å². The first-order valence-corrected chi connectivity index (χ1v) is 7.64. The zero-order chi connectivity index (χ0) is 18.1. The normalized spacial score (nSPS) is 12.1. The second-order valence-electron chi connectivity index (χ2n) is 5.32. The third kappa shape index (κ3) is 2.89. The molecule has 1 atom stereocenters. The minimum Gasteiger partial charge on any atom is -0.496 e. The molecule has 0 aliphatic rings. The second kappa shape index (κ2) is 6.45. The molecule has 3 rings (SSSR count). The third-order valence-corrected chi connectivity index (χ3v) is 4.08. The summed E-state index contributed by atoms with van der Waals surface area (Å²) in [7, 11) is 1.46. The molecule has 3 aromatic rings. The van der Waals surface area contributed by atoms with E-state index in [0.717, 1.165) is 0 Å². The number of nitrogens with zero attached hydrogens (tertiary/aromatic N) is 2. The van der Waals surface area contributed by atoms with Crippen molar-refractivity contribution < 1.29 is 19.4 Å². The minimum atomic E-state index is -1.20. The van der Waals surface area contributed by atoms with Crippen LogP contribution >= 0.6 is 11.6 Å². The Kier molecular flexibility index (Phi) is 4.33. The van der Waals surface area contributed by atoms with Gasteiger partial charge in [-0.2, -0.15) is 0 Å². The second-order valence-corrected chi connectivity index (χ2v) is 5.70. The number of hydrogen-bond donors (Lipinski definition) is 2. The highest BCUT2D eigenvalue weighted by molar-refractivity contribution is 6.30. The van der Waals surface area contributed by atoms with Crippen LogP contribution in [0.5, 0.6) is 5.75 Å². The number of carbonyl (C=O) groups excluding carboxylic acids is 1. The van der Waals surface area contributed by atoms with Gasteiger partial charge in [-0.3, -0.25) is 4.79 Å². The molecule has 0 aliphatic carbocycles. The van der Waals surface area contributed by atoms with Crippen LogP contribution in [0, 0.1) is 0 Å². The van der Waals surface area contributed by atoms with E-state index in [0.29, 0.717) is 22.2 Å². The Morgan fingerprint density at radius 2 is 2.04 bits per heavy atom. The van der Waals surface area contributed by atoms with Crippen molar-refractivity contribution in [3.05, 3.63) is 59.0 Å². The van der Waals surface area contributed by atoms with Gasteiger partial charge in [0.05, 0.1) is 18.8 Å². The summed E-state index contributed by atoms with van der Waals surface area (Å²) in [6, 6.07) is 8.67. The number of carbonyl (C=O) groups is 2. The molecule has 8 heteroatoms. The van der Waals surface area contributed by atoms with E-state index in [9.17, 15) is 14.7 Å². The Morgan fingerprint density at radius 1 is 1.32 bits per heavy atom. The molecule has 0 spiro atoms. The molecule has 2 heterocycles. The van der Waals surface area contributed by atoms with Crippen LogP contribution in [-0.2, 0) is 4.79 Å². The Hall–Kier alpha value is -3.06. The molecule has 0 bridgehead atoms. The fourth-order valence-corrected chi connectivity index (χ4v) is 3.02. The number of fused-ring (bicyclic) bond motifs is 1. The fraction of sp³-hybridized carbons (Fsp3) is 0.118. The number of carboxylic acid groups (broad SMARTS) is 1. The maximum absolute atomic E-state index is 12.3. The smallest absolute Gasteiger partial charge is 0.352 e. The third-order valence-electron chi connectivity index (χ3n) is 3.87. The number of aromatic carboxylic acids is 1. The standard InChI is InChI=1S/C17H14ClN3O4/c1-25-13-5-3-2-4-10(13)15(16(19)22)21-11(17(23)24)6-9-7-14(18)20-8-12(9)21/h2-8,15H,1H3,(H2,19,22)(H,23,24). The van der Waals surface area contributed by atoms with Crippen LogP contribution in [0.2, 0.25) is 5.15 Å². The van der Waals surface area contributed by atoms with Gasteiger partial charge >= 0.3 is 5.97 Å². The van der Waals surface area contributed by atoms with Gasteiger partial charge in [0.15, 0.2) is 0 Å². The predicted octanol–water partition coefficient (Wildman–Crippen LogP) is 2.47. The van der Waals surface area contributed by atoms with Crippen LogP contribution in [-0.4, -0.2) is 33.6 Å². The van der Waals surface area contributed by atoms with E-state index in [2.05, 4.69) is 4.98 Å². The van der Waals surface area contributed by atoms with Gasteiger partial charge in [-0.1, -0.05) is 29.8 Å². The molecule has 0 saturated carbocycles. The van der Waals surface area contributed by atoms with Gasteiger partial charge < -0.3 is 20.1 Å². The quantitative estimate of drug-likeness (QED) is 0.680. The molecule has 1 aromatic carbocycles. The largest absolute Gasteiger partial charge is 0.496 e. The number of amides is 1. The van der Waals surface area contributed by atoms with E-state index < -0.39 is 17.9 Å². The molecule has 0 aliphatic heterocycles. The summed E-state index contributed by atoms with van der Waals surface area (Å²) < 4.78 is 6.64. The monoisotopic (exact) mass is 359 g/mol. The van der Waals surface area contributed by atoms with Gasteiger partial charge in [-0.15, -0.1) is 0 Å². The van der Waals surface area contributed by atoms with Crippen molar-refractivity contribution in [2.75, 3.05) is 7.11 Å². The highest BCUT2D eigenvalue weighted by Gasteiger charge is 2.29. The fourth-order valence-electron chi connectivity index (χ4n) is 2.86. The number of halogens is 1. The Bertz CT molecular complexity index is 983. The van der Waals surface area contributed by atoms with Crippen molar-refractivity contribution in [2.45, 2.75) is 6.04 Å². The number of rotatable bonds is 5. The van der Waals surface area contributed by atoms with E-state index in [1.165, 1.54) is 30.0 Å². The molecule has 128 valence electrons. The number of ether oxygens (including phenoxy) is 1. The number of carboxylic acids is 1. The van der Waals surface area contributed by atoms with Crippen molar-refractivity contribution in [2.24, 2.45) is 5.73 Å². The summed E-state index contributed by atoms with van der Waals surface area (Å²) in [6.45, 7) is 0. The molecular weight excluding hydrogens is 346 g/mol. The number of primary amides is 1. The lowest BCUT2D eigenvalue weighted by atomic mass is 10.0. The van der Waals surface area contributed by atoms with Gasteiger partial charge in [0.25, 0.3) is 0 Å². The molecule has 2 aromatic heterocycles. The zero-order valence-electron chi connectivity index (χ0n) is 13.1. The van der Waals surface area contributed by atoms with Crippen LogP contribution in [0.4, 0.5) is 0 Å². The van der Waals surface area contributed by atoms with E-state index in [-0.39, 0.29) is 10.8 Å². The molecular formula is C17H14ClN3O4. The molecule has 0 radical (unpaired) electrons. The molecule has 7 nitrogen and oxygen atoms in total. The lowest BCUT2D eigenvalue weighted by Crippen LogP contribution is -2.29. The zero-order valence-corrected chi connectivity index (χ0v) is 13.9. The van der Waals surface area contributed by atoms with E-state index >= 15 is 0 Å². The Labute approximate surface area is 147 Å². The SMILES string of the molecule is COc1ccccc1C(C(N)=O)n1c(C(=O)O)cc2cc(Cl)ncc21. The first-order valence-electron chi connectivity index (χ1n) is 7.26. The van der Waals surface area contributed by atoms with E-state index in [1.807, 2.05) is 0 Å². The molecule has 3 N–H and O–H groups in total. The molecule has 25 heavy (non-hydrogen) atoms. The number of pyridine rings is 1. The first-order chi connectivity index (χ1) is 11.9. The average Bonchev–Trinajstić information content (AvgIpc) is 2.94. The highest BCUT2D eigenvalue weighted by Crippen LogP contribution is 2.33. The molecule has 0 fully saturated rings. The van der Waals surface area contributed by atoms with E-state index in [4.69, 9.17) is 22.1 Å². The first kappa shape index (κ1) is 16.8. The summed E-state index contributed by atoms with van der Waals surface area (Å²) >= 11 is 5.89. The summed E-state index contributed by atoms with van der Waals surface area (Å²) in [6.07, 6.45) is 1.41. The Balaban J connectivity index is 2.35. The van der Waals surface area contributed by atoms with Crippen molar-refractivity contribution in [1.29, 1.82) is 0 Å². The van der Waals surface area contributed by atoms with Gasteiger partial charge in [0, 0.05) is 10.9 Å². The van der Waals surface area contributed by atoms with Crippen LogP contribution in [0.15, 0.2) is 42.6 Å². The summed E-state index contributed by atoms with van der Waals surface area (Å²) in [4.78, 5) is 28.0. The van der Waals surface area contributed by atoms with Gasteiger partial charge in [-0.25, -0.2) is 9.78 Å². The number of benzene rings is 1. The van der Waals surface area contributed by atoms with Crippen molar-refractivity contribution in [1.82, 2.24) is 9.55 Å². The van der Waals surface area contributed by atoms with Crippen molar-refractivity contribution in [3.63, 3.8) is 0 Å². The number of methoxy groups -OCH3 is 1. The van der Waals surface area contributed by atoms with Crippen LogP contribution in [0.25, 0.3) is 10.9 Å². The van der Waals surface area contributed by atoms with Gasteiger partial charge in [-0.05, 0) is 18.2 Å². The van der Waals surface area contributed by atoms with Crippen LogP contribution < -0.4 is 10.5 Å². The summed E-state index contributed by atoms with van der Waals surface area (Å²) in [5.74, 6) is -1.50. The van der Waals surface area contributed by atoms with Crippen molar-refractivity contribution >= 4 is 34.4 Å². The number of para-hydroxylation sites is 1. The molecule has 1 amide bonds. The molecule has 1 unspecified atom stereocenters. The van der Waals surface area contributed by atoms with Crippen LogP contribution in [0.1, 0.15) is 22.1 Å². The lowest BCUT2D eigenvalue weighted by Gasteiger charge is -2.21. The van der Waals surface area contributed by atoms with Crippen LogP contribution in [0.3, 0.4) is 0 Å². The topological polar surface area (TPSA) is 107 Å². The number of hydrogen-bond acceptors (Lipinski definition) is 4. The summed E-state index contributed by atoms with van der Waals surface area (Å²) in [5, 5.41) is 10.3.